The third kappa shape index (κ3) is 2.85. The normalized spacial score (nSPS) is 15.8. The second kappa shape index (κ2) is 5.85. The van der Waals surface area contributed by atoms with Gasteiger partial charge in [0.1, 0.15) is 0 Å². The summed E-state index contributed by atoms with van der Waals surface area (Å²) < 4.78 is 22.4. The van der Waals surface area contributed by atoms with Gasteiger partial charge in [-0.2, -0.15) is 0 Å². The van der Waals surface area contributed by atoms with Gasteiger partial charge >= 0.3 is 17.8 Å². The highest BCUT2D eigenvalue weighted by Crippen LogP contribution is 2.23. The van der Waals surface area contributed by atoms with Gasteiger partial charge in [-0.15, -0.1) is 0 Å². The molecular formula is C13H15N3O5S. The van der Waals surface area contributed by atoms with E-state index in [2.05, 4.69) is 0 Å². The minimum Gasteiger partial charge on any atom is -0.263 e. The van der Waals surface area contributed by atoms with Crippen LogP contribution in [0, 0.1) is 0 Å². The molecule has 0 aromatic heterocycles. The van der Waals surface area contributed by atoms with E-state index in [1.165, 1.54) is 24.3 Å². The van der Waals surface area contributed by atoms with Crippen molar-refractivity contribution in [1.29, 1.82) is 0 Å². The molecule has 0 atom stereocenters. The SMILES string of the molecule is CCCCN1C(=O)C(=O)N(c2ccc(S(N)(=O)=O)cc2)C1=O. The van der Waals surface area contributed by atoms with Crippen molar-refractivity contribution in [2.75, 3.05) is 11.4 Å². The lowest BCUT2D eigenvalue weighted by molar-refractivity contribution is -0.139. The number of sulfonamides is 1. The Morgan fingerprint density at radius 2 is 1.64 bits per heavy atom. The Kier molecular flexibility index (Phi) is 4.29. The second-order valence-electron chi connectivity index (χ2n) is 4.77. The molecule has 8 nitrogen and oxygen atoms in total. The number of imide groups is 2. The molecule has 1 fully saturated rings. The molecule has 0 radical (unpaired) electrons. The topological polar surface area (TPSA) is 118 Å². The molecule has 118 valence electrons. The number of unbranched alkanes of at least 4 members (excludes halogenated alkanes) is 1. The zero-order valence-corrected chi connectivity index (χ0v) is 12.7. The first-order chi connectivity index (χ1) is 10.3. The number of hydrogen-bond acceptors (Lipinski definition) is 5. The van der Waals surface area contributed by atoms with Crippen LogP contribution in [-0.4, -0.2) is 37.7 Å². The van der Waals surface area contributed by atoms with Gasteiger partial charge in [0, 0.05) is 6.54 Å². The predicted molar refractivity (Wildman–Crippen MR) is 77.3 cm³/mol. The molecule has 1 aromatic carbocycles. The summed E-state index contributed by atoms with van der Waals surface area (Å²) in [5.41, 5.74) is 0.120. The van der Waals surface area contributed by atoms with Crippen LogP contribution in [-0.2, 0) is 19.6 Å². The van der Waals surface area contributed by atoms with Gasteiger partial charge in [-0.3, -0.25) is 14.5 Å². The van der Waals surface area contributed by atoms with Crippen molar-refractivity contribution >= 4 is 33.6 Å². The Morgan fingerprint density at radius 1 is 1.05 bits per heavy atom. The predicted octanol–water partition coefficient (Wildman–Crippen LogP) is 0.429. The van der Waals surface area contributed by atoms with Gasteiger partial charge in [0.15, 0.2) is 0 Å². The van der Waals surface area contributed by atoms with Crippen molar-refractivity contribution in [3.05, 3.63) is 24.3 Å². The minimum atomic E-state index is -3.87. The van der Waals surface area contributed by atoms with Crippen LogP contribution in [0.15, 0.2) is 29.2 Å². The number of primary sulfonamides is 1. The molecule has 0 unspecified atom stereocenters. The summed E-state index contributed by atoms with van der Waals surface area (Å²) in [5, 5.41) is 4.98. The van der Waals surface area contributed by atoms with Crippen molar-refractivity contribution in [2.24, 2.45) is 5.14 Å². The van der Waals surface area contributed by atoms with Gasteiger partial charge in [-0.25, -0.2) is 23.3 Å². The van der Waals surface area contributed by atoms with Crippen LogP contribution in [0.5, 0.6) is 0 Å². The maximum absolute atomic E-state index is 12.2. The first kappa shape index (κ1) is 16.1. The molecule has 1 aliphatic rings. The van der Waals surface area contributed by atoms with E-state index in [1.807, 2.05) is 6.92 Å². The van der Waals surface area contributed by atoms with E-state index in [0.717, 1.165) is 16.2 Å². The van der Waals surface area contributed by atoms with Gasteiger partial charge in [0.2, 0.25) is 10.0 Å². The number of carbonyl (C=O) groups excluding carboxylic acids is 3. The Bertz CT molecular complexity index is 727. The van der Waals surface area contributed by atoms with Gasteiger partial charge < -0.3 is 0 Å². The number of nitrogens with two attached hydrogens (primary N) is 1. The highest BCUT2D eigenvalue weighted by molar-refractivity contribution is 7.89. The maximum Gasteiger partial charge on any atom is 0.338 e. The second-order valence-corrected chi connectivity index (χ2v) is 6.33. The van der Waals surface area contributed by atoms with E-state index >= 15 is 0 Å². The zero-order chi connectivity index (χ0) is 16.5. The number of nitrogens with zero attached hydrogens (tertiary/aromatic N) is 2. The zero-order valence-electron chi connectivity index (χ0n) is 11.9. The van der Waals surface area contributed by atoms with Crippen LogP contribution >= 0.6 is 0 Å². The lowest BCUT2D eigenvalue weighted by atomic mass is 10.3. The third-order valence-corrected chi connectivity index (χ3v) is 4.14. The highest BCUT2D eigenvalue weighted by atomic mass is 32.2. The van der Waals surface area contributed by atoms with Crippen LogP contribution in [0.25, 0.3) is 0 Å². The molecule has 2 rings (SSSR count). The molecule has 0 bridgehead atoms. The fourth-order valence-electron chi connectivity index (χ4n) is 2.03. The quantitative estimate of drug-likeness (QED) is 0.622. The van der Waals surface area contributed by atoms with Crippen LogP contribution in [0.4, 0.5) is 10.5 Å². The number of hydrogen-bond donors (Lipinski definition) is 1. The molecule has 1 aromatic rings. The molecule has 0 spiro atoms. The van der Waals surface area contributed by atoms with Gasteiger partial charge in [-0.1, -0.05) is 13.3 Å². The number of anilines is 1. The molecule has 0 saturated carbocycles. The summed E-state index contributed by atoms with van der Waals surface area (Å²) >= 11 is 0. The molecule has 1 aliphatic heterocycles. The first-order valence-electron chi connectivity index (χ1n) is 6.60. The summed E-state index contributed by atoms with van der Waals surface area (Å²) in [6.45, 7) is 2.07. The molecule has 2 N–H and O–H groups in total. The Balaban J connectivity index is 2.30. The molecule has 4 amide bonds. The Morgan fingerprint density at radius 3 is 2.14 bits per heavy atom. The summed E-state index contributed by atoms with van der Waals surface area (Å²) in [5.74, 6) is -1.83. The summed E-state index contributed by atoms with van der Waals surface area (Å²) in [6.07, 6.45) is 1.37. The van der Waals surface area contributed by atoms with Gasteiger partial charge in [-0.05, 0) is 30.7 Å². The van der Waals surface area contributed by atoms with Crippen molar-refractivity contribution < 1.29 is 22.8 Å². The van der Waals surface area contributed by atoms with Crippen LogP contribution in [0.3, 0.4) is 0 Å². The van der Waals surface area contributed by atoms with E-state index in [1.54, 1.807) is 0 Å². The van der Waals surface area contributed by atoms with E-state index in [9.17, 15) is 22.8 Å². The number of amides is 4. The average Bonchev–Trinajstić information content (AvgIpc) is 2.67. The monoisotopic (exact) mass is 325 g/mol. The largest absolute Gasteiger partial charge is 0.338 e. The van der Waals surface area contributed by atoms with Crippen molar-refractivity contribution in [1.82, 2.24) is 4.90 Å². The number of rotatable bonds is 5. The van der Waals surface area contributed by atoms with E-state index < -0.39 is 27.9 Å². The van der Waals surface area contributed by atoms with Gasteiger partial charge in [0.05, 0.1) is 10.6 Å². The standard InChI is InChI=1S/C13H15N3O5S/c1-2-3-8-15-11(17)12(18)16(13(15)19)9-4-6-10(7-5-9)22(14,20)21/h4-7H,2-3,8H2,1H3,(H2,14,20,21). The summed E-state index contributed by atoms with van der Waals surface area (Å²) in [6, 6.07) is 4.12. The molecule has 0 aliphatic carbocycles. The lowest BCUT2D eigenvalue weighted by Gasteiger charge is -2.15. The first-order valence-corrected chi connectivity index (χ1v) is 8.14. The maximum atomic E-state index is 12.2. The molecule has 1 saturated heterocycles. The van der Waals surface area contributed by atoms with Gasteiger partial charge in [0.25, 0.3) is 0 Å². The fourth-order valence-corrected chi connectivity index (χ4v) is 2.55. The molecule has 1 heterocycles. The van der Waals surface area contributed by atoms with E-state index in [4.69, 9.17) is 5.14 Å². The average molecular weight is 325 g/mol. The number of benzene rings is 1. The summed E-state index contributed by atoms with van der Waals surface area (Å²) in [4.78, 5) is 37.4. The third-order valence-electron chi connectivity index (χ3n) is 3.21. The fraction of sp³-hybridized carbons (Fsp3) is 0.308. The Labute approximate surface area is 127 Å². The van der Waals surface area contributed by atoms with E-state index in [0.29, 0.717) is 6.42 Å². The minimum absolute atomic E-state index is 0.120. The van der Waals surface area contributed by atoms with Crippen molar-refractivity contribution in [3.63, 3.8) is 0 Å². The number of carbonyl (C=O) groups is 3. The molecular weight excluding hydrogens is 310 g/mol. The smallest absolute Gasteiger partial charge is 0.263 e. The molecule has 22 heavy (non-hydrogen) atoms. The van der Waals surface area contributed by atoms with Crippen molar-refractivity contribution in [3.8, 4) is 0 Å². The van der Waals surface area contributed by atoms with Crippen LogP contribution < -0.4 is 10.0 Å². The molecule has 9 heteroatoms. The van der Waals surface area contributed by atoms with Crippen LogP contribution in [0.2, 0.25) is 0 Å². The Hall–Kier alpha value is -2.26. The number of urea groups is 1. The summed E-state index contributed by atoms with van der Waals surface area (Å²) in [7, 11) is -3.87. The lowest BCUT2D eigenvalue weighted by Crippen LogP contribution is -2.34. The highest BCUT2D eigenvalue weighted by Gasteiger charge is 2.44. The van der Waals surface area contributed by atoms with Crippen LogP contribution in [0.1, 0.15) is 19.8 Å². The van der Waals surface area contributed by atoms with E-state index in [-0.39, 0.29) is 17.1 Å². The van der Waals surface area contributed by atoms with Crippen molar-refractivity contribution in [2.45, 2.75) is 24.7 Å².